The molecule has 6 heteroatoms. The second-order valence-corrected chi connectivity index (χ2v) is 5.07. The zero-order valence-electron chi connectivity index (χ0n) is 11.0. The largest absolute Gasteiger partial charge is 0.476 e. The molecular formula is C14H12ClN3O2. The van der Waals surface area contributed by atoms with E-state index in [-0.39, 0.29) is 5.69 Å². The monoisotopic (exact) mass is 289 g/mol. The van der Waals surface area contributed by atoms with Crippen molar-refractivity contribution in [3.8, 4) is 11.4 Å². The number of halogens is 1. The average Bonchev–Trinajstić information content (AvgIpc) is 2.91. The smallest absolute Gasteiger partial charge is 0.356 e. The zero-order chi connectivity index (χ0) is 14.4. The molecule has 20 heavy (non-hydrogen) atoms. The first kappa shape index (κ1) is 12.7. The van der Waals surface area contributed by atoms with E-state index in [1.807, 2.05) is 35.9 Å². The first-order chi connectivity index (χ1) is 9.47. The van der Waals surface area contributed by atoms with Crippen molar-refractivity contribution < 1.29 is 9.90 Å². The van der Waals surface area contributed by atoms with E-state index in [0.29, 0.717) is 5.02 Å². The molecule has 102 valence electrons. The van der Waals surface area contributed by atoms with Crippen molar-refractivity contribution in [2.45, 2.75) is 0 Å². The summed E-state index contributed by atoms with van der Waals surface area (Å²) < 4.78 is 3.56. The van der Waals surface area contributed by atoms with Crippen LogP contribution in [0.5, 0.6) is 0 Å². The number of rotatable bonds is 2. The zero-order valence-corrected chi connectivity index (χ0v) is 11.7. The van der Waals surface area contributed by atoms with Gasteiger partial charge >= 0.3 is 5.97 Å². The Labute approximate surface area is 120 Å². The number of hydrogen-bond acceptors (Lipinski definition) is 2. The standard InChI is InChI=1S/C14H12ClN3O2/c1-17-11-4-3-9(15)5-8(11)6-12(17)13-7-10(14(19)20)16-18(13)2/h3-7H,1-2H3,(H,19,20). The third kappa shape index (κ3) is 1.87. The van der Waals surface area contributed by atoms with Crippen LogP contribution < -0.4 is 0 Å². The lowest BCUT2D eigenvalue weighted by atomic mass is 10.2. The average molecular weight is 290 g/mol. The number of aryl methyl sites for hydroxylation is 2. The molecule has 0 spiro atoms. The van der Waals surface area contributed by atoms with E-state index in [4.69, 9.17) is 16.7 Å². The number of hydrogen-bond donors (Lipinski definition) is 1. The third-order valence-electron chi connectivity index (χ3n) is 3.37. The van der Waals surface area contributed by atoms with Crippen molar-refractivity contribution >= 4 is 28.5 Å². The second-order valence-electron chi connectivity index (χ2n) is 4.64. The lowest BCUT2D eigenvalue weighted by Crippen LogP contribution is -2.00. The Kier molecular flexibility index (Phi) is 2.79. The maximum atomic E-state index is 11.0. The number of carbonyl (C=O) groups is 1. The molecule has 3 rings (SSSR count). The van der Waals surface area contributed by atoms with Crippen molar-refractivity contribution in [2.75, 3.05) is 0 Å². The van der Waals surface area contributed by atoms with Gasteiger partial charge in [-0.1, -0.05) is 11.6 Å². The highest BCUT2D eigenvalue weighted by Gasteiger charge is 2.16. The Balaban J connectivity index is 2.24. The number of carboxylic acids is 1. The van der Waals surface area contributed by atoms with Crippen molar-refractivity contribution in [3.63, 3.8) is 0 Å². The molecule has 1 aromatic carbocycles. The van der Waals surface area contributed by atoms with Crippen molar-refractivity contribution in [2.24, 2.45) is 14.1 Å². The first-order valence-electron chi connectivity index (χ1n) is 6.00. The summed E-state index contributed by atoms with van der Waals surface area (Å²) in [6.45, 7) is 0. The Bertz CT molecular complexity index is 832. The summed E-state index contributed by atoms with van der Waals surface area (Å²) in [6, 6.07) is 9.20. The van der Waals surface area contributed by atoms with E-state index in [0.717, 1.165) is 22.3 Å². The Morgan fingerprint density at radius 2 is 1.95 bits per heavy atom. The summed E-state index contributed by atoms with van der Waals surface area (Å²) in [7, 11) is 3.66. The Morgan fingerprint density at radius 3 is 2.60 bits per heavy atom. The molecule has 0 atom stereocenters. The minimum absolute atomic E-state index is 0.0331. The minimum atomic E-state index is -1.03. The van der Waals surface area contributed by atoms with E-state index in [2.05, 4.69) is 5.10 Å². The first-order valence-corrected chi connectivity index (χ1v) is 6.38. The number of fused-ring (bicyclic) bond motifs is 1. The molecule has 3 aromatic rings. The van der Waals surface area contributed by atoms with Crippen molar-refractivity contribution in [1.82, 2.24) is 14.3 Å². The lowest BCUT2D eigenvalue weighted by molar-refractivity contribution is 0.0689. The van der Waals surface area contributed by atoms with Crippen LogP contribution in [0.4, 0.5) is 0 Å². The van der Waals surface area contributed by atoms with Gasteiger partial charge in [0.05, 0.1) is 11.4 Å². The second kappa shape index (κ2) is 4.38. The number of carboxylic acid groups (broad SMARTS) is 1. The highest BCUT2D eigenvalue weighted by atomic mass is 35.5. The summed E-state index contributed by atoms with van der Waals surface area (Å²) in [5.41, 5.74) is 2.70. The lowest BCUT2D eigenvalue weighted by Gasteiger charge is -2.04. The van der Waals surface area contributed by atoms with Gasteiger partial charge in [-0.25, -0.2) is 4.79 Å². The molecule has 2 heterocycles. The molecule has 0 amide bonds. The summed E-state index contributed by atoms with van der Waals surface area (Å²) in [5.74, 6) is -1.03. The fourth-order valence-corrected chi connectivity index (χ4v) is 2.56. The van der Waals surface area contributed by atoms with Crippen LogP contribution in [0.15, 0.2) is 30.3 Å². The molecule has 0 aliphatic carbocycles. The van der Waals surface area contributed by atoms with Gasteiger partial charge in [0.25, 0.3) is 0 Å². The molecule has 2 aromatic heterocycles. The van der Waals surface area contributed by atoms with Gasteiger partial charge in [-0.2, -0.15) is 5.10 Å². The predicted molar refractivity (Wildman–Crippen MR) is 77.1 cm³/mol. The van der Waals surface area contributed by atoms with Crippen LogP contribution in [0.25, 0.3) is 22.3 Å². The number of nitrogens with zero attached hydrogens (tertiary/aromatic N) is 3. The molecular weight excluding hydrogens is 278 g/mol. The van der Waals surface area contributed by atoms with Gasteiger partial charge in [-0.05, 0) is 24.3 Å². The number of aromatic nitrogens is 3. The van der Waals surface area contributed by atoms with Crippen LogP contribution in [0.1, 0.15) is 10.5 Å². The molecule has 0 unspecified atom stereocenters. The Hall–Kier alpha value is -2.27. The quantitative estimate of drug-likeness (QED) is 0.789. The van der Waals surface area contributed by atoms with Gasteiger partial charge in [-0.15, -0.1) is 0 Å². The fourth-order valence-electron chi connectivity index (χ4n) is 2.38. The molecule has 0 saturated heterocycles. The van der Waals surface area contributed by atoms with E-state index < -0.39 is 5.97 Å². The van der Waals surface area contributed by atoms with Gasteiger partial charge in [0.1, 0.15) is 0 Å². The molecule has 1 N–H and O–H groups in total. The summed E-state index contributed by atoms with van der Waals surface area (Å²) in [6.07, 6.45) is 0. The molecule has 0 aliphatic rings. The highest BCUT2D eigenvalue weighted by Crippen LogP contribution is 2.29. The molecule has 0 fully saturated rings. The van der Waals surface area contributed by atoms with E-state index in [1.54, 1.807) is 17.8 Å². The molecule has 5 nitrogen and oxygen atoms in total. The van der Waals surface area contributed by atoms with Gasteiger partial charge < -0.3 is 9.67 Å². The van der Waals surface area contributed by atoms with Gasteiger partial charge in [0.2, 0.25) is 0 Å². The van der Waals surface area contributed by atoms with E-state index in [1.165, 1.54) is 0 Å². The summed E-state index contributed by atoms with van der Waals surface area (Å²) in [5, 5.41) is 14.7. The molecule has 0 saturated carbocycles. The van der Waals surface area contributed by atoms with Gasteiger partial charge in [-0.3, -0.25) is 4.68 Å². The predicted octanol–water partition coefficient (Wildman–Crippen LogP) is 2.93. The summed E-state index contributed by atoms with van der Waals surface area (Å²) in [4.78, 5) is 11.0. The van der Waals surface area contributed by atoms with Gasteiger partial charge in [0.15, 0.2) is 5.69 Å². The van der Waals surface area contributed by atoms with Crippen LogP contribution in [-0.4, -0.2) is 25.4 Å². The van der Waals surface area contributed by atoms with Crippen molar-refractivity contribution in [3.05, 3.63) is 41.0 Å². The maximum absolute atomic E-state index is 11.0. The minimum Gasteiger partial charge on any atom is -0.476 e. The Morgan fingerprint density at radius 1 is 1.20 bits per heavy atom. The third-order valence-corrected chi connectivity index (χ3v) is 3.60. The maximum Gasteiger partial charge on any atom is 0.356 e. The van der Waals surface area contributed by atoms with Crippen LogP contribution >= 0.6 is 11.6 Å². The highest BCUT2D eigenvalue weighted by molar-refractivity contribution is 6.31. The van der Waals surface area contributed by atoms with Crippen LogP contribution in [0, 0.1) is 0 Å². The van der Waals surface area contributed by atoms with E-state index in [9.17, 15) is 4.79 Å². The van der Waals surface area contributed by atoms with Crippen molar-refractivity contribution in [1.29, 1.82) is 0 Å². The topological polar surface area (TPSA) is 60.1 Å². The molecule has 0 radical (unpaired) electrons. The fraction of sp³-hybridized carbons (Fsp3) is 0.143. The molecule has 0 bridgehead atoms. The normalized spacial score (nSPS) is 11.2. The van der Waals surface area contributed by atoms with Crippen LogP contribution in [0.3, 0.4) is 0 Å². The van der Waals surface area contributed by atoms with Gasteiger partial charge in [0, 0.05) is 36.1 Å². The van der Waals surface area contributed by atoms with Crippen LogP contribution in [-0.2, 0) is 14.1 Å². The number of benzene rings is 1. The number of aromatic carboxylic acids is 1. The van der Waals surface area contributed by atoms with E-state index >= 15 is 0 Å². The summed E-state index contributed by atoms with van der Waals surface area (Å²) >= 11 is 6.00. The SMILES string of the molecule is Cn1nc(C(=O)O)cc1-c1cc2cc(Cl)ccc2n1C. The molecule has 0 aliphatic heterocycles. The van der Waals surface area contributed by atoms with Crippen LogP contribution in [0.2, 0.25) is 5.02 Å².